The molecule has 0 spiro atoms. The fourth-order valence-corrected chi connectivity index (χ4v) is 9.57. The molecule has 0 bridgehead atoms. The van der Waals surface area contributed by atoms with Crippen molar-refractivity contribution in [2.45, 2.75) is 0 Å². The van der Waals surface area contributed by atoms with E-state index in [1.165, 1.54) is 43.6 Å². The van der Waals surface area contributed by atoms with Gasteiger partial charge < -0.3 is 13.6 Å². The Kier molecular flexibility index (Phi) is 6.95. The molecule has 60 heavy (non-hydrogen) atoms. The van der Waals surface area contributed by atoms with Gasteiger partial charge >= 0.3 is 0 Å². The fourth-order valence-electron chi connectivity index (χ4n) is 9.57. The van der Waals surface area contributed by atoms with Crippen LogP contribution in [0.3, 0.4) is 0 Å². The molecule has 0 N–H and O–H groups in total. The van der Waals surface area contributed by atoms with E-state index in [4.69, 9.17) is 9.40 Å². The van der Waals surface area contributed by atoms with E-state index in [-0.39, 0.29) is 0 Å². The largest absolute Gasteiger partial charge is 0.456 e. The molecule has 0 radical (unpaired) electrons. The third-order valence-corrected chi connectivity index (χ3v) is 12.2. The lowest BCUT2D eigenvalue weighted by Crippen LogP contribution is -2.00. The van der Waals surface area contributed by atoms with E-state index in [2.05, 4.69) is 208 Å². The number of furan rings is 1. The molecule has 0 aliphatic carbocycles. The highest BCUT2D eigenvalue weighted by molar-refractivity contribution is 6.11. The smallest absolute Gasteiger partial charge is 0.145 e. The predicted molar refractivity (Wildman–Crippen MR) is 248 cm³/mol. The standard InChI is InChI=1S/C55H34N4O/c1-2-14-35(15-3-1)55-56-47-20-8-13-25-52(47)59(55)38-27-29-54-46(34-38)45-32-36(26-28-53(45)60-54)37-30-39(57-48-21-9-4-16-41(48)42-17-5-10-22-49(42)57)33-40(31-37)58-50-23-11-6-18-43(50)44-19-7-12-24-51(44)58/h1-34H. The third kappa shape index (κ3) is 4.84. The first-order chi connectivity index (χ1) is 29.7. The van der Waals surface area contributed by atoms with Crippen molar-refractivity contribution in [2.24, 2.45) is 0 Å². The summed E-state index contributed by atoms with van der Waals surface area (Å²) in [6.07, 6.45) is 0. The van der Waals surface area contributed by atoms with Gasteiger partial charge in [0.2, 0.25) is 0 Å². The van der Waals surface area contributed by atoms with Crippen molar-refractivity contribution in [3.8, 4) is 39.6 Å². The van der Waals surface area contributed by atoms with Crippen LogP contribution in [0.5, 0.6) is 0 Å². The Labute approximate surface area is 344 Å². The summed E-state index contributed by atoms with van der Waals surface area (Å²) >= 11 is 0. The first kappa shape index (κ1) is 32.9. The molecule has 0 atom stereocenters. The van der Waals surface area contributed by atoms with Gasteiger partial charge in [0.05, 0.1) is 33.1 Å². The lowest BCUT2D eigenvalue weighted by molar-refractivity contribution is 0.669. The number of rotatable bonds is 5. The molecule has 280 valence electrons. The quantitative estimate of drug-likeness (QED) is 0.175. The number of imidazole rings is 1. The van der Waals surface area contributed by atoms with Gasteiger partial charge in [0.15, 0.2) is 0 Å². The van der Waals surface area contributed by atoms with Crippen molar-refractivity contribution in [1.29, 1.82) is 0 Å². The Morgan fingerprint density at radius 1 is 0.300 bits per heavy atom. The van der Waals surface area contributed by atoms with E-state index in [1.54, 1.807) is 0 Å². The molecular formula is C55H34N4O. The molecule has 9 aromatic carbocycles. The normalized spacial score (nSPS) is 12.0. The first-order valence-corrected chi connectivity index (χ1v) is 20.4. The van der Waals surface area contributed by atoms with Gasteiger partial charge in [0.1, 0.15) is 17.0 Å². The molecule has 0 unspecified atom stereocenters. The minimum atomic E-state index is 0.849. The number of hydrogen-bond donors (Lipinski definition) is 0. The molecule has 0 saturated carbocycles. The Bertz CT molecular complexity index is 3600. The SMILES string of the molecule is c1ccc(-c2nc3ccccc3n2-c2ccc3oc4ccc(-c5cc(-n6c7ccccc7c7ccccc76)cc(-n6c7ccccc7c7ccccc76)c5)cc4c3c2)cc1. The van der Waals surface area contributed by atoms with Crippen LogP contribution in [0.4, 0.5) is 0 Å². The van der Waals surface area contributed by atoms with Crippen molar-refractivity contribution < 1.29 is 4.42 Å². The maximum Gasteiger partial charge on any atom is 0.145 e. The molecule has 4 aromatic heterocycles. The van der Waals surface area contributed by atoms with Gasteiger partial charge in [-0.05, 0) is 96.1 Å². The van der Waals surface area contributed by atoms with Gasteiger partial charge in [-0.25, -0.2) is 4.98 Å². The molecule has 0 amide bonds. The van der Waals surface area contributed by atoms with Crippen LogP contribution in [0.2, 0.25) is 0 Å². The van der Waals surface area contributed by atoms with E-state index in [1.807, 2.05) is 12.1 Å². The van der Waals surface area contributed by atoms with Gasteiger partial charge in [-0.2, -0.15) is 0 Å². The number of benzene rings is 9. The van der Waals surface area contributed by atoms with E-state index in [0.29, 0.717) is 0 Å². The van der Waals surface area contributed by atoms with Crippen LogP contribution in [-0.2, 0) is 0 Å². The third-order valence-electron chi connectivity index (χ3n) is 12.2. The Balaban J connectivity index is 1.06. The zero-order valence-electron chi connectivity index (χ0n) is 32.3. The number of aromatic nitrogens is 4. The van der Waals surface area contributed by atoms with E-state index in [9.17, 15) is 0 Å². The van der Waals surface area contributed by atoms with E-state index >= 15 is 0 Å². The highest BCUT2D eigenvalue weighted by atomic mass is 16.3. The summed E-state index contributed by atoms with van der Waals surface area (Å²) in [7, 11) is 0. The summed E-state index contributed by atoms with van der Waals surface area (Å²) in [4.78, 5) is 5.11. The lowest BCUT2D eigenvalue weighted by Gasteiger charge is -2.16. The average molecular weight is 767 g/mol. The maximum atomic E-state index is 6.54. The average Bonchev–Trinajstić information content (AvgIpc) is 4.07. The summed E-state index contributed by atoms with van der Waals surface area (Å²) in [5, 5.41) is 7.07. The van der Waals surface area contributed by atoms with Gasteiger partial charge in [-0.15, -0.1) is 0 Å². The molecule has 5 nitrogen and oxygen atoms in total. The van der Waals surface area contributed by atoms with Crippen LogP contribution < -0.4 is 0 Å². The predicted octanol–water partition coefficient (Wildman–Crippen LogP) is 14.5. The van der Waals surface area contributed by atoms with Gasteiger partial charge in [-0.1, -0.05) is 121 Å². The second-order valence-electron chi connectivity index (χ2n) is 15.6. The van der Waals surface area contributed by atoms with Crippen LogP contribution in [0.1, 0.15) is 0 Å². The maximum absolute atomic E-state index is 6.54. The Hall–Kier alpha value is -8.15. The Morgan fingerprint density at radius 2 is 0.783 bits per heavy atom. The molecule has 0 fully saturated rings. The minimum Gasteiger partial charge on any atom is -0.456 e. The molecule has 0 aliphatic rings. The summed E-state index contributed by atoms with van der Waals surface area (Å²) in [6, 6.07) is 73.8. The Morgan fingerprint density at radius 3 is 1.37 bits per heavy atom. The monoisotopic (exact) mass is 766 g/mol. The summed E-state index contributed by atoms with van der Waals surface area (Å²) < 4.78 is 13.6. The topological polar surface area (TPSA) is 40.8 Å². The minimum absolute atomic E-state index is 0.849. The van der Waals surface area contributed by atoms with Crippen molar-refractivity contribution in [3.63, 3.8) is 0 Å². The lowest BCUT2D eigenvalue weighted by atomic mass is 10.0. The summed E-state index contributed by atoms with van der Waals surface area (Å²) in [6.45, 7) is 0. The molecule has 4 heterocycles. The van der Waals surface area contributed by atoms with Gasteiger partial charge in [0.25, 0.3) is 0 Å². The van der Waals surface area contributed by atoms with Crippen molar-refractivity contribution in [3.05, 3.63) is 206 Å². The summed E-state index contributed by atoms with van der Waals surface area (Å²) in [5.41, 5.74) is 14.9. The van der Waals surface area contributed by atoms with Crippen LogP contribution in [0.15, 0.2) is 211 Å². The molecule has 0 aliphatic heterocycles. The first-order valence-electron chi connectivity index (χ1n) is 20.4. The molecule has 5 heteroatoms. The van der Waals surface area contributed by atoms with Crippen molar-refractivity contribution in [2.75, 3.05) is 0 Å². The van der Waals surface area contributed by atoms with Crippen LogP contribution >= 0.6 is 0 Å². The molecule has 13 rings (SSSR count). The second-order valence-corrected chi connectivity index (χ2v) is 15.6. The fraction of sp³-hybridized carbons (Fsp3) is 0. The van der Waals surface area contributed by atoms with Crippen LogP contribution in [0, 0.1) is 0 Å². The zero-order chi connectivity index (χ0) is 39.3. The van der Waals surface area contributed by atoms with E-state index < -0.39 is 0 Å². The zero-order valence-corrected chi connectivity index (χ0v) is 32.3. The molecule has 13 aromatic rings. The van der Waals surface area contributed by atoms with Crippen LogP contribution in [-0.4, -0.2) is 18.7 Å². The molecular weight excluding hydrogens is 733 g/mol. The number of nitrogens with zero attached hydrogens (tertiary/aromatic N) is 4. The number of para-hydroxylation sites is 6. The van der Waals surface area contributed by atoms with Crippen LogP contribution in [0.25, 0.3) is 116 Å². The highest BCUT2D eigenvalue weighted by Crippen LogP contribution is 2.40. The number of fused-ring (bicyclic) bond motifs is 10. The highest BCUT2D eigenvalue weighted by Gasteiger charge is 2.20. The molecule has 0 saturated heterocycles. The van der Waals surface area contributed by atoms with Crippen molar-refractivity contribution in [1.82, 2.24) is 18.7 Å². The second kappa shape index (κ2) is 12.7. The van der Waals surface area contributed by atoms with E-state index in [0.717, 1.165) is 72.5 Å². The summed E-state index contributed by atoms with van der Waals surface area (Å²) in [5.74, 6) is 0.907. The van der Waals surface area contributed by atoms with Crippen molar-refractivity contribution >= 4 is 76.6 Å². The number of hydrogen-bond acceptors (Lipinski definition) is 2. The van der Waals surface area contributed by atoms with Gasteiger partial charge in [-0.3, -0.25) is 4.57 Å². The van der Waals surface area contributed by atoms with Gasteiger partial charge in [0, 0.05) is 54.9 Å².